The van der Waals surface area contributed by atoms with Gasteiger partial charge in [-0.15, -0.1) is 0 Å². The molecule has 31 heavy (non-hydrogen) atoms. The van der Waals surface area contributed by atoms with Gasteiger partial charge in [-0.1, -0.05) is 45.4 Å². The Morgan fingerprint density at radius 1 is 0.871 bits per heavy atom. The van der Waals surface area contributed by atoms with E-state index in [2.05, 4.69) is 47.7 Å². The van der Waals surface area contributed by atoms with Crippen LogP contribution in [0.25, 0.3) is 22.1 Å². The molecule has 0 saturated carbocycles. The van der Waals surface area contributed by atoms with E-state index in [1.165, 1.54) is 31.9 Å². The van der Waals surface area contributed by atoms with Crippen molar-refractivity contribution in [3.8, 4) is 11.8 Å². The fraction of sp³-hybridized carbons (Fsp3) is 0.450. The molecule has 0 amide bonds. The monoisotopic (exact) mass is 424 g/mol. The summed E-state index contributed by atoms with van der Waals surface area (Å²) in [6.07, 6.45) is 9.91. The van der Waals surface area contributed by atoms with Gasteiger partial charge in [0.25, 0.3) is 11.8 Å². The standard InChI is InChI=1S/C20H24N8O3/c1-2-3-4-5-6-7-8-9-16(29)14-12-15-18(26-28-24-15)20(22-14)31-30-19-17-13(10-11-21-19)23-27-25-17/h10-12H,2-9H2,1H3,(H,23,25,27)(H,24,26,28). The largest absolute Gasteiger partial charge is 0.300 e. The van der Waals surface area contributed by atoms with Gasteiger partial charge in [-0.2, -0.15) is 30.8 Å². The third kappa shape index (κ3) is 4.93. The van der Waals surface area contributed by atoms with Crippen molar-refractivity contribution in [1.82, 2.24) is 40.8 Å². The molecule has 0 fully saturated rings. The van der Waals surface area contributed by atoms with Crippen molar-refractivity contribution in [3.05, 3.63) is 24.0 Å². The van der Waals surface area contributed by atoms with Crippen molar-refractivity contribution in [3.63, 3.8) is 0 Å². The first-order valence-corrected chi connectivity index (χ1v) is 10.5. The summed E-state index contributed by atoms with van der Waals surface area (Å²) in [5.74, 6) is 0.0704. The molecule has 2 N–H and O–H groups in total. The second kappa shape index (κ2) is 9.92. The Hall–Kier alpha value is -3.63. The van der Waals surface area contributed by atoms with E-state index in [1.807, 2.05) is 0 Å². The Morgan fingerprint density at radius 2 is 1.55 bits per heavy atom. The lowest BCUT2D eigenvalue weighted by atomic mass is 10.1. The Labute approximate surface area is 177 Å². The highest BCUT2D eigenvalue weighted by Gasteiger charge is 2.18. The number of Topliss-reactive ketones (excluding diaryl/α,β-unsaturated/α-hetero) is 1. The van der Waals surface area contributed by atoms with Crippen molar-refractivity contribution in [1.29, 1.82) is 0 Å². The summed E-state index contributed by atoms with van der Waals surface area (Å²) in [6.45, 7) is 2.20. The number of nitrogens with one attached hydrogen (secondary N) is 2. The van der Waals surface area contributed by atoms with E-state index < -0.39 is 0 Å². The average Bonchev–Trinajstić information content (AvgIpc) is 3.46. The number of pyridine rings is 2. The van der Waals surface area contributed by atoms with Gasteiger partial charge in [0.1, 0.15) is 16.7 Å². The van der Waals surface area contributed by atoms with E-state index in [4.69, 9.17) is 9.78 Å². The molecule has 4 heterocycles. The van der Waals surface area contributed by atoms with Crippen LogP contribution in [0.1, 0.15) is 68.8 Å². The summed E-state index contributed by atoms with van der Waals surface area (Å²) in [5, 5.41) is 21.0. The first-order valence-electron chi connectivity index (χ1n) is 10.5. The highest BCUT2D eigenvalue weighted by Crippen LogP contribution is 2.24. The molecule has 0 aliphatic heterocycles. The third-order valence-corrected chi connectivity index (χ3v) is 4.97. The van der Waals surface area contributed by atoms with Gasteiger partial charge in [-0.3, -0.25) is 14.6 Å². The zero-order valence-corrected chi connectivity index (χ0v) is 17.3. The molecular weight excluding hydrogens is 400 g/mol. The predicted octanol–water partition coefficient (Wildman–Crippen LogP) is 3.72. The quantitative estimate of drug-likeness (QED) is 0.150. The maximum Gasteiger partial charge on any atom is 0.300 e. The Kier molecular flexibility index (Phi) is 6.60. The Morgan fingerprint density at radius 3 is 2.35 bits per heavy atom. The number of aromatic amines is 2. The van der Waals surface area contributed by atoms with Gasteiger partial charge in [0, 0.05) is 12.6 Å². The van der Waals surface area contributed by atoms with Gasteiger partial charge in [-0.05, 0) is 18.6 Å². The fourth-order valence-electron chi connectivity index (χ4n) is 3.28. The van der Waals surface area contributed by atoms with Crippen LogP contribution in [-0.4, -0.2) is 46.6 Å². The van der Waals surface area contributed by atoms with Crippen molar-refractivity contribution >= 4 is 27.9 Å². The first-order chi connectivity index (χ1) is 15.3. The van der Waals surface area contributed by atoms with Crippen LogP contribution in [-0.2, 0) is 0 Å². The van der Waals surface area contributed by atoms with Crippen LogP contribution < -0.4 is 9.78 Å². The molecule has 11 nitrogen and oxygen atoms in total. The van der Waals surface area contributed by atoms with Crippen LogP contribution in [0.5, 0.6) is 11.8 Å². The smallest absolute Gasteiger partial charge is 0.292 e. The summed E-state index contributed by atoms with van der Waals surface area (Å²) < 4.78 is 0. The van der Waals surface area contributed by atoms with Crippen LogP contribution in [0.2, 0.25) is 0 Å². The van der Waals surface area contributed by atoms with Crippen LogP contribution in [0.3, 0.4) is 0 Å². The molecule has 0 aliphatic carbocycles. The molecule has 0 aliphatic rings. The molecule has 4 aromatic rings. The molecule has 0 bridgehead atoms. The number of carbonyl (C=O) groups excluding carboxylic acids is 1. The number of H-pyrrole nitrogens is 2. The maximum absolute atomic E-state index is 12.7. The molecule has 0 aromatic carbocycles. The molecule has 4 rings (SSSR count). The topological polar surface area (TPSA) is 144 Å². The van der Waals surface area contributed by atoms with E-state index in [1.54, 1.807) is 12.1 Å². The van der Waals surface area contributed by atoms with E-state index >= 15 is 0 Å². The van der Waals surface area contributed by atoms with Gasteiger partial charge < -0.3 is 0 Å². The number of aromatic nitrogens is 8. The summed E-state index contributed by atoms with van der Waals surface area (Å²) >= 11 is 0. The highest BCUT2D eigenvalue weighted by atomic mass is 17.2. The van der Waals surface area contributed by atoms with Gasteiger partial charge in [0.2, 0.25) is 0 Å². The minimum atomic E-state index is -0.0694. The Balaban J connectivity index is 1.41. The number of hydrogen-bond donors (Lipinski definition) is 2. The van der Waals surface area contributed by atoms with Crippen LogP contribution in [0.4, 0.5) is 0 Å². The minimum Gasteiger partial charge on any atom is -0.292 e. The Bertz CT molecular complexity index is 1160. The fourth-order valence-corrected chi connectivity index (χ4v) is 3.28. The number of fused-ring (bicyclic) bond motifs is 2. The lowest BCUT2D eigenvalue weighted by molar-refractivity contribution is -0.106. The number of carbonyl (C=O) groups is 1. The van der Waals surface area contributed by atoms with E-state index in [0.717, 1.165) is 19.3 Å². The molecule has 0 atom stereocenters. The normalized spacial score (nSPS) is 11.3. The van der Waals surface area contributed by atoms with E-state index in [0.29, 0.717) is 28.5 Å². The molecule has 11 heteroatoms. The number of nitrogens with zero attached hydrogens (tertiary/aromatic N) is 6. The zero-order chi connectivity index (χ0) is 21.5. The number of rotatable bonds is 12. The second-order valence-electron chi connectivity index (χ2n) is 7.27. The van der Waals surface area contributed by atoms with Crippen molar-refractivity contribution < 1.29 is 14.6 Å². The zero-order valence-electron chi connectivity index (χ0n) is 17.3. The number of hydrogen-bond acceptors (Lipinski definition) is 9. The molecule has 0 radical (unpaired) electrons. The highest BCUT2D eigenvalue weighted by molar-refractivity contribution is 5.97. The summed E-state index contributed by atoms with van der Waals surface area (Å²) in [4.78, 5) is 31.8. The molecule has 162 valence electrons. The van der Waals surface area contributed by atoms with Crippen LogP contribution >= 0.6 is 0 Å². The van der Waals surface area contributed by atoms with Crippen LogP contribution in [0, 0.1) is 0 Å². The SMILES string of the molecule is CCCCCCCCCC(=O)c1cc2n[nH]nc2c(OOc2nccc3n[nH]nc23)n1. The summed E-state index contributed by atoms with van der Waals surface area (Å²) in [5.41, 5.74) is 2.05. The van der Waals surface area contributed by atoms with Crippen molar-refractivity contribution in [2.45, 2.75) is 58.3 Å². The number of unbranched alkanes of at least 4 members (excludes halogenated alkanes) is 6. The maximum atomic E-state index is 12.7. The van der Waals surface area contributed by atoms with Gasteiger partial charge in [0.15, 0.2) is 16.8 Å². The van der Waals surface area contributed by atoms with E-state index in [9.17, 15) is 4.79 Å². The molecule has 0 saturated heterocycles. The summed E-state index contributed by atoms with van der Waals surface area (Å²) in [7, 11) is 0. The molecule has 0 spiro atoms. The molecular formula is C20H24N8O3. The molecule has 0 unspecified atom stereocenters. The number of ketones is 1. The van der Waals surface area contributed by atoms with Gasteiger partial charge >= 0.3 is 0 Å². The minimum absolute atomic E-state index is 0.0245. The van der Waals surface area contributed by atoms with Crippen molar-refractivity contribution in [2.75, 3.05) is 0 Å². The third-order valence-electron chi connectivity index (χ3n) is 4.97. The van der Waals surface area contributed by atoms with Gasteiger partial charge in [-0.25, -0.2) is 9.97 Å². The predicted molar refractivity (Wildman–Crippen MR) is 112 cm³/mol. The van der Waals surface area contributed by atoms with E-state index in [-0.39, 0.29) is 23.2 Å². The summed E-state index contributed by atoms with van der Waals surface area (Å²) in [6, 6.07) is 3.29. The second-order valence-corrected chi connectivity index (χ2v) is 7.27. The molecule has 4 aromatic heterocycles. The van der Waals surface area contributed by atoms with Crippen molar-refractivity contribution in [2.24, 2.45) is 0 Å². The first kappa shape index (κ1) is 20.6. The van der Waals surface area contributed by atoms with Gasteiger partial charge in [0.05, 0.1) is 0 Å². The lowest BCUT2D eigenvalue weighted by Crippen LogP contribution is -2.08. The average molecular weight is 424 g/mol. The lowest BCUT2D eigenvalue weighted by Gasteiger charge is -2.06. The van der Waals surface area contributed by atoms with Crippen LogP contribution in [0.15, 0.2) is 18.3 Å².